The molecule has 0 aromatic heterocycles. The molecule has 0 amide bonds. The Bertz CT molecular complexity index is 492. The van der Waals surface area contributed by atoms with Gasteiger partial charge in [0, 0.05) is 12.1 Å². The molecule has 0 saturated heterocycles. The van der Waals surface area contributed by atoms with Crippen LogP contribution in [0.3, 0.4) is 0 Å². The molecule has 0 heterocycles. The van der Waals surface area contributed by atoms with E-state index in [0.29, 0.717) is 6.42 Å². The van der Waals surface area contributed by atoms with Crippen molar-refractivity contribution in [2.24, 2.45) is 0 Å². The van der Waals surface area contributed by atoms with Crippen molar-refractivity contribution in [3.8, 4) is 0 Å². The number of hydrogen-bond donors (Lipinski definition) is 1. The third-order valence-electron chi connectivity index (χ3n) is 3.37. The average molecular weight is 253 g/mol. The molecule has 0 radical (unpaired) electrons. The van der Waals surface area contributed by atoms with E-state index in [1.807, 2.05) is 67.6 Å². The molecule has 0 aliphatic rings. The second kappa shape index (κ2) is 5.70. The molecule has 1 unspecified atom stereocenters. The maximum atomic E-state index is 12.0. The van der Waals surface area contributed by atoms with E-state index in [-0.39, 0.29) is 5.78 Å². The fourth-order valence-corrected chi connectivity index (χ4v) is 2.10. The summed E-state index contributed by atoms with van der Waals surface area (Å²) < 4.78 is 0. The minimum atomic E-state index is -0.581. The number of hydrogen-bond acceptors (Lipinski definition) is 2. The van der Waals surface area contributed by atoms with Crippen LogP contribution in [0.15, 0.2) is 60.7 Å². The fourth-order valence-electron chi connectivity index (χ4n) is 2.10. The Balaban J connectivity index is 2.21. The monoisotopic (exact) mass is 253 g/mol. The first kappa shape index (κ1) is 13.3. The number of ketones is 1. The van der Waals surface area contributed by atoms with Gasteiger partial charge in [0.05, 0.1) is 5.54 Å². The molecular formula is C17H19NO. The number of anilines is 1. The van der Waals surface area contributed by atoms with Gasteiger partial charge < -0.3 is 5.32 Å². The number of nitrogens with one attached hydrogen (secondary N) is 1. The van der Waals surface area contributed by atoms with E-state index in [4.69, 9.17) is 0 Å². The quantitative estimate of drug-likeness (QED) is 0.880. The van der Waals surface area contributed by atoms with Gasteiger partial charge in [-0.2, -0.15) is 0 Å². The van der Waals surface area contributed by atoms with Crippen molar-refractivity contribution in [1.29, 1.82) is 0 Å². The zero-order chi connectivity index (χ0) is 13.7. The number of benzene rings is 2. The summed E-state index contributed by atoms with van der Waals surface area (Å²) in [7, 11) is 0. The van der Waals surface area contributed by atoms with Crippen LogP contribution in [0.2, 0.25) is 0 Å². The van der Waals surface area contributed by atoms with Gasteiger partial charge in [-0.1, -0.05) is 48.5 Å². The summed E-state index contributed by atoms with van der Waals surface area (Å²) in [5.41, 5.74) is 1.54. The standard InChI is InChI=1S/C17H19NO/c1-14(19)17(2,13-15-9-5-3-6-10-15)18-16-11-7-4-8-12-16/h3-12,18H,13H2,1-2H3. The SMILES string of the molecule is CC(=O)C(C)(Cc1ccccc1)Nc1ccccc1. The van der Waals surface area contributed by atoms with Crippen molar-refractivity contribution < 1.29 is 4.79 Å². The number of Topliss-reactive ketones (excluding diaryl/α,β-unsaturated/α-hetero) is 1. The normalized spacial score (nSPS) is 13.6. The van der Waals surface area contributed by atoms with Gasteiger partial charge in [-0.05, 0) is 31.5 Å². The van der Waals surface area contributed by atoms with Crippen LogP contribution in [0, 0.1) is 0 Å². The highest BCUT2D eigenvalue weighted by atomic mass is 16.1. The van der Waals surface area contributed by atoms with Gasteiger partial charge in [0.15, 0.2) is 5.78 Å². The van der Waals surface area contributed by atoms with E-state index in [0.717, 1.165) is 11.3 Å². The van der Waals surface area contributed by atoms with E-state index in [2.05, 4.69) is 5.32 Å². The molecule has 2 aromatic rings. The van der Waals surface area contributed by atoms with Crippen molar-refractivity contribution in [3.63, 3.8) is 0 Å². The Morgan fingerprint density at radius 3 is 2.05 bits per heavy atom. The van der Waals surface area contributed by atoms with Gasteiger partial charge in [0.25, 0.3) is 0 Å². The smallest absolute Gasteiger partial charge is 0.155 e. The molecule has 2 rings (SSSR count). The van der Waals surface area contributed by atoms with Crippen molar-refractivity contribution in [1.82, 2.24) is 0 Å². The third kappa shape index (κ3) is 3.44. The molecule has 1 N–H and O–H groups in total. The Morgan fingerprint density at radius 1 is 1.00 bits per heavy atom. The molecule has 0 fully saturated rings. The van der Waals surface area contributed by atoms with Crippen molar-refractivity contribution >= 4 is 11.5 Å². The van der Waals surface area contributed by atoms with Crippen LogP contribution in [-0.2, 0) is 11.2 Å². The first-order valence-electron chi connectivity index (χ1n) is 6.48. The van der Waals surface area contributed by atoms with Crippen molar-refractivity contribution in [2.45, 2.75) is 25.8 Å². The van der Waals surface area contributed by atoms with E-state index in [1.54, 1.807) is 6.92 Å². The molecule has 98 valence electrons. The lowest BCUT2D eigenvalue weighted by Crippen LogP contribution is -2.44. The van der Waals surface area contributed by atoms with E-state index < -0.39 is 5.54 Å². The number of rotatable bonds is 5. The zero-order valence-corrected chi connectivity index (χ0v) is 11.4. The lowest BCUT2D eigenvalue weighted by molar-refractivity contribution is -0.120. The Hall–Kier alpha value is -2.09. The van der Waals surface area contributed by atoms with Crippen LogP contribution in [0.25, 0.3) is 0 Å². The van der Waals surface area contributed by atoms with Gasteiger partial charge in [-0.25, -0.2) is 0 Å². The number of carbonyl (C=O) groups excluding carboxylic acids is 1. The molecule has 0 aliphatic heterocycles. The Kier molecular flexibility index (Phi) is 4.00. The summed E-state index contributed by atoms with van der Waals surface area (Å²) in [6.45, 7) is 3.59. The Labute approximate surface area is 114 Å². The van der Waals surface area contributed by atoms with Gasteiger partial charge >= 0.3 is 0 Å². The van der Waals surface area contributed by atoms with E-state index in [9.17, 15) is 4.79 Å². The van der Waals surface area contributed by atoms with Crippen LogP contribution < -0.4 is 5.32 Å². The molecule has 1 atom stereocenters. The van der Waals surface area contributed by atoms with Crippen LogP contribution >= 0.6 is 0 Å². The summed E-state index contributed by atoms with van der Waals surface area (Å²) in [6.07, 6.45) is 0.679. The maximum absolute atomic E-state index is 12.0. The lowest BCUT2D eigenvalue weighted by Gasteiger charge is -2.29. The molecule has 0 saturated carbocycles. The largest absolute Gasteiger partial charge is 0.373 e. The Morgan fingerprint density at radius 2 is 1.53 bits per heavy atom. The summed E-state index contributed by atoms with van der Waals surface area (Å²) in [5, 5.41) is 3.35. The summed E-state index contributed by atoms with van der Waals surface area (Å²) in [4.78, 5) is 12.0. The molecule has 2 aromatic carbocycles. The predicted molar refractivity (Wildman–Crippen MR) is 79.3 cm³/mol. The second-order valence-corrected chi connectivity index (χ2v) is 5.04. The number of carbonyl (C=O) groups is 1. The summed E-state index contributed by atoms with van der Waals surface area (Å²) >= 11 is 0. The highest BCUT2D eigenvalue weighted by Crippen LogP contribution is 2.20. The fraction of sp³-hybridized carbons (Fsp3) is 0.235. The molecule has 0 bridgehead atoms. The van der Waals surface area contributed by atoms with Crippen LogP contribution in [-0.4, -0.2) is 11.3 Å². The first-order chi connectivity index (χ1) is 9.10. The highest BCUT2D eigenvalue weighted by molar-refractivity contribution is 5.89. The van der Waals surface area contributed by atoms with Crippen molar-refractivity contribution in [2.75, 3.05) is 5.32 Å². The molecule has 19 heavy (non-hydrogen) atoms. The minimum Gasteiger partial charge on any atom is -0.373 e. The highest BCUT2D eigenvalue weighted by Gasteiger charge is 2.29. The van der Waals surface area contributed by atoms with Crippen molar-refractivity contribution in [3.05, 3.63) is 66.2 Å². The third-order valence-corrected chi connectivity index (χ3v) is 3.37. The molecule has 2 nitrogen and oxygen atoms in total. The lowest BCUT2D eigenvalue weighted by atomic mass is 9.89. The van der Waals surface area contributed by atoms with Crippen LogP contribution in [0.1, 0.15) is 19.4 Å². The molecule has 2 heteroatoms. The van der Waals surface area contributed by atoms with Gasteiger partial charge in [0.1, 0.15) is 0 Å². The summed E-state index contributed by atoms with van der Waals surface area (Å²) in [5.74, 6) is 0.139. The van der Waals surface area contributed by atoms with Gasteiger partial charge in [-0.3, -0.25) is 4.79 Å². The molecule has 0 aliphatic carbocycles. The number of para-hydroxylation sites is 1. The second-order valence-electron chi connectivity index (χ2n) is 5.04. The zero-order valence-electron chi connectivity index (χ0n) is 11.4. The van der Waals surface area contributed by atoms with Crippen LogP contribution in [0.5, 0.6) is 0 Å². The van der Waals surface area contributed by atoms with Crippen LogP contribution in [0.4, 0.5) is 5.69 Å². The minimum absolute atomic E-state index is 0.139. The van der Waals surface area contributed by atoms with E-state index in [1.165, 1.54) is 0 Å². The average Bonchev–Trinajstić information content (AvgIpc) is 2.40. The topological polar surface area (TPSA) is 29.1 Å². The van der Waals surface area contributed by atoms with E-state index >= 15 is 0 Å². The summed E-state index contributed by atoms with van der Waals surface area (Å²) in [6, 6.07) is 19.9. The van der Waals surface area contributed by atoms with Gasteiger partial charge in [-0.15, -0.1) is 0 Å². The first-order valence-corrected chi connectivity index (χ1v) is 6.48. The molecular weight excluding hydrogens is 234 g/mol. The molecule has 0 spiro atoms. The predicted octanol–water partition coefficient (Wildman–Crippen LogP) is 3.69. The van der Waals surface area contributed by atoms with Gasteiger partial charge in [0.2, 0.25) is 0 Å². The maximum Gasteiger partial charge on any atom is 0.155 e.